The molecule has 1 heterocycles. The summed E-state index contributed by atoms with van der Waals surface area (Å²) in [5.74, 6) is 1.70. The highest BCUT2D eigenvalue weighted by Crippen LogP contribution is 2.26. The molecule has 134 valence electrons. The molecular weight excluding hydrogens is 373 g/mol. The number of rotatable bonds is 6. The third-order valence-corrected chi connectivity index (χ3v) is 3.97. The summed E-state index contributed by atoms with van der Waals surface area (Å²) in [7, 11) is 0. The number of anilines is 4. The molecule has 8 heteroatoms. The summed E-state index contributed by atoms with van der Waals surface area (Å²) in [6.45, 7) is 3.97. The molecule has 0 atom stereocenters. The maximum absolute atomic E-state index is 6.02. The van der Waals surface area contributed by atoms with E-state index in [9.17, 15) is 0 Å². The first-order chi connectivity index (χ1) is 12.5. The van der Waals surface area contributed by atoms with Gasteiger partial charge >= 0.3 is 0 Å². The molecule has 1 aromatic heterocycles. The molecule has 0 saturated heterocycles. The second kappa shape index (κ2) is 8.21. The van der Waals surface area contributed by atoms with Crippen LogP contribution in [0.2, 0.25) is 10.0 Å². The zero-order valence-electron chi connectivity index (χ0n) is 14.2. The standard InChI is InChI=1S/C18H17Cl2N5O/c1-11(2)26-14-6-3-12(4-7-14)23-18-24-17(10-21-25-18)22-13-5-8-15(19)16(20)9-13/h3-11H,1-2H3,(H2,22,23,24,25). The van der Waals surface area contributed by atoms with Crippen molar-refractivity contribution >= 4 is 46.3 Å². The lowest BCUT2D eigenvalue weighted by Gasteiger charge is -2.11. The van der Waals surface area contributed by atoms with E-state index in [1.165, 1.54) is 6.20 Å². The molecule has 0 aliphatic heterocycles. The molecule has 0 fully saturated rings. The fraction of sp³-hybridized carbons (Fsp3) is 0.167. The van der Waals surface area contributed by atoms with Gasteiger partial charge in [0.05, 0.1) is 22.3 Å². The summed E-state index contributed by atoms with van der Waals surface area (Å²) in [5.41, 5.74) is 1.58. The van der Waals surface area contributed by atoms with E-state index in [4.69, 9.17) is 27.9 Å². The Balaban J connectivity index is 1.69. The lowest BCUT2D eigenvalue weighted by atomic mass is 10.3. The molecule has 0 saturated carbocycles. The average molecular weight is 390 g/mol. The van der Waals surface area contributed by atoms with Gasteiger partial charge in [-0.15, -0.1) is 5.10 Å². The Bertz CT molecular complexity index is 887. The third-order valence-electron chi connectivity index (χ3n) is 3.23. The van der Waals surface area contributed by atoms with Gasteiger partial charge < -0.3 is 15.4 Å². The molecule has 2 N–H and O–H groups in total. The summed E-state index contributed by atoms with van der Waals surface area (Å²) in [6, 6.07) is 12.8. The summed E-state index contributed by atoms with van der Waals surface area (Å²) in [5, 5.41) is 15.1. The number of benzene rings is 2. The lowest BCUT2D eigenvalue weighted by molar-refractivity contribution is 0.242. The average Bonchev–Trinajstić information content (AvgIpc) is 2.60. The number of nitrogens with zero attached hydrogens (tertiary/aromatic N) is 3. The van der Waals surface area contributed by atoms with Crippen LogP contribution in [0.25, 0.3) is 0 Å². The molecule has 26 heavy (non-hydrogen) atoms. The number of nitrogens with one attached hydrogen (secondary N) is 2. The Morgan fingerprint density at radius 3 is 2.35 bits per heavy atom. The Morgan fingerprint density at radius 2 is 1.65 bits per heavy atom. The molecule has 0 amide bonds. The number of ether oxygens (including phenoxy) is 1. The largest absolute Gasteiger partial charge is 0.491 e. The summed E-state index contributed by atoms with van der Waals surface area (Å²) in [6.07, 6.45) is 1.65. The molecular formula is C18H17Cl2N5O. The van der Waals surface area contributed by atoms with E-state index in [0.29, 0.717) is 21.8 Å². The molecule has 2 aromatic carbocycles. The van der Waals surface area contributed by atoms with Crippen LogP contribution in [0.3, 0.4) is 0 Å². The van der Waals surface area contributed by atoms with E-state index in [1.807, 2.05) is 38.1 Å². The van der Waals surface area contributed by atoms with E-state index in [-0.39, 0.29) is 6.10 Å². The van der Waals surface area contributed by atoms with Gasteiger partial charge in [0.25, 0.3) is 0 Å². The first kappa shape index (κ1) is 18.2. The van der Waals surface area contributed by atoms with Gasteiger partial charge in [-0.1, -0.05) is 23.2 Å². The van der Waals surface area contributed by atoms with E-state index >= 15 is 0 Å². The zero-order chi connectivity index (χ0) is 18.5. The molecule has 0 aliphatic carbocycles. The van der Waals surface area contributed by atoms with Gasteiger partial charge in [0.15, 0.2) is 5.82 Å². The van der Waals surface area contributed by atoms with Crippen molar-refractivity contribution in [3.63, 3.8) is 0 Å². The number of hydrogen-bond donors (Lipinski definition) is 2. The maximum Gasteiger partial charge on any atom is 0.249 e. The van der Waals surface area contributed by atoms with Gasteiger partial charge in [-0.3, -0.25) is 0 Å². The van der Waals surface area contributed by atoms with Crippen molar-refractivity contribution in [2.24, 2.45) is 0 Å². The molecule has 3 rings (SSSR count). The van der Waals surface area contributed by atoms with Crippen LogP contribution in [0.1, 0.15) is 13.8 Å². The van der Waals surface area contributed by atoms with Crippen molar-refractivity contribution in [2.75, 3.05) is 10.6 Å². The molecule has 0 radical (unpaired) electrons. The van der Waals surface area contributed by atoms with Gasteiger partial charge in [0, 0.05) is 11.4 Å². The number of hydrogen-bond acceptors (Lipinski definition) is 6. The Morgan fingerprint density at radius 1 is 0.923 bits per heavy atom. The summed E-state index contributed by atoms with van der Waals surface area (Å²) < 4.78 is 5.62. The minimum Gasteiger partial charge on any atom is -0.491 e. The van der Waals surface area contributed by atoms with Crippen LogP contribution in [0, 0.1) is 0 Å². The quantitative estimate of drug-likeness (QED) is 0.583. The molecule has 0 spiro atoms. The van der Waals surface area contributed by atoms with Crippen molar-refractivity contribution in [3.8, 4) is 5.75 Å². The van der Waals surface area contributed by atoms with Crippen molar-refractivity contribution in [1.29, 1.82) is 0 Å². The Labute approximate surface area is 161 Å². The fourth-order valence-corrected chi connectivity index (χ4v) is 2.45. The second-order valence-corrected chi connectivity index (χ2v) is 6.55. The SMILES string of the molecule is CC(C)Oc1ccc(Nc2nncc(Nc3ccc(Cl)c(Cl)c3)n2)cc1. The van der Waals surface area contributed by atoms with E-state index in [2.05, 4.69) is 25.8 Å². The van der Waals surface area contributed by atoms with Crippen molar-refractivity contribution in [2.45, 2.75) is 20.0 Å². The van der Waals surface area contributed by atoms with Gasteiger partial charge in [0.2, 0.25) is 5.95 Å². The van der Waals surface area contributed by atoms with E-state index in [0.717, 1.165) is 17.1 Å². The van der Waals surface area contributed by atoms with Crippen LogP contribution in [0.4, 0.5) is 23.1 Å². The predicted octanol–water partition coefficient (Wildman–Crippen LogP) is 5.45. The first-order valence-corrected chi connectivity index (χ1v) is 8.71. The van der Waals surface area contributed by atoms with Gasteiger partial charge in [-0.05, 0) is 56.3 Å². The monoisotopic (exact) mass is 389 g/mol. The lowest BCUT2D eigenvalue weighted by Crippen LogP contribution is -2.05. The van der Waals surface area contributed by atoms with Crippen molar-refractivity contribution < 1.29 is 4.74 Å². The normalized spacial score (nSPS) is 10.7. The van der Waals surface area contributed by atoms with Gasteiger partial charge in [-0.25, -0.2) is 0 Å². The minimum atomic E-state index is 0.130. The molecule has 0 unspecified atom stereocenters. The second-order valence-electron chi connectivity index (χ2n) is 5.74. The van der Waals surface area contributed by atoms with Gasteiger partial charge in [0.1, 0.15) is 5.75 Å². The van der Waals surface area contributed by atoms with Crippen molar-refractivity contribution in [3.05, 3.63) is 58.7 Å². The highest BCUT2D eigenvalue weighted by atomic mass is 35.5. The van der Waals surface area contributed by atoms with Crippen LogP contribution in [-0.2, 0) is 0 Å². The first-order valence-electron chi connectivity index (χ1n) is 7.95. The Kier molecular flexibility index (Phi) is 5.75. The fourth-order valence-electron chi connectivity index (χ4n) is 2.16. The van der Waals surface area contributed by atoms with E-state index in [1.54, 1.807) is 18.2 Å². The number of aromatic nitrogens is 3. The highest BCUT2D eigenvalue weighted by molar-refractivity contribution is 6.42. The Hall–Kier alpha value is -2.57. The molecule has 0 aliphatic rings. The molecule has 6 nitrogen and oxygen atoms in total. The third kappa shape index (κ3) is 4.97. The zero-order valence-corrected chi connectivity index (χ0v) is 15.7. The number of halogens is 2. The molecule has 0 bridgehead atoms. The van der Waals surface area contributed by atoms with Crippen LogP contribution in [0.15, 0.2) is 48.7 Å². The van der Waals surface area contributed by atoms with Crippen LogP contribution in [-0.4, -0.2) is 21.3 Å². The smallest absolute Gasteiger partial charge is 0.249 e. The van der Waals surface area contributed by atoms with Crippen LogP contribution < -0.4 is 15.4 Å². The van der Waals surface area contributed by atoms with E-state index < -0.39 is 0 Å². The van der Waals surface area contributed by atoms with Gasteiger partial charge in [-0.2, -0.15) is 10.1 Å². The predicted molar refractivity (Wildman–Crippen MR) is 105 cm³/mol. The molecule has 3 aromatic rings. The maximum atomic E-state index is 6.02. The van der Waals surface area contributed by atoms with Crippen LogP contribution in [0.5, 0.6) is 5.75 Å². The minimum absolute atomic E-state index is 0.130. The summed E-state index contributed by atoms with van der Waals surface area (Å²) >= 11 is 11.9. The van der Waals surface area contributed by atoms with Crippen LogP contribution >= 0.6 is 23.2 Å². The summed E-state index contributed by atoms with van der Waals surface area (Å²) in [4.78, 5) is 4.38. The van der Waals surface area contributed by atoms with Crippen molar-refractivity contribution in [1.82, 2.24) is 15.2 Å². The topological polar surface area (TPSA) is 72.0 Å². The highest BCUT2D eigenvalue weighted by Gasteiger charge is 2.05.